The molecular weight excluding hydrogens is 266 g/mol. The van der Waals surface area contributed by atoms with Gasteiger partial charge >= 0.3 is 0 Å². The first-order chi connectivity index (χ1) is 10.0. The highest BCUT2D eigenvalue weighted by molar-refractivity contribution is 5.99. The molecule has 0 bridgehead atoms. The number of carbonyl (C=O) groups is 1. The summed E-state index contributed by atoms with van der Waals surface area (Å²) in [4.78, 5) is 14.4. The van der Waals surface area contributed by atoms with Crippen molar-refractivity contribution in [3.8, 4) is 0 Å². The molecule has 0 aliphatic heterocycles. The average molecular weight is 289 g/mol. The van der Waals surface area contributed by atoms with Gasteiger partial charge in [0.05, 0.1) is 0 Å². The van der Waals surface area contributed by atoms with Crippen LogP contribution in [0.15, 0.2) is 28.7 Å². The van der Waals surface area contributed by atoms with E-state index < -0.39 is 0 Å². The molecule has 5 nitrogen and oxygen atoms in total. The van der Waals surface area contributed by atoms with Crippen LogP contribution in [-0.2, 0) is 6.54 Å². The summed E-state index contributed by atoms with van der Waals surface area (Å²) in [7, 11) is 5.83. The molecule has 0 aliphatic rings. The number of fused-ring (bicyclic) bond motifs is 1. The fourth-order valence-electron chi connectivity index (χ4n) is 2.18. The van der Waals surface area contributed by atoms with Crippen molar-refractivity contribution in [2.24, 2.45) is 0 Å². The van der Waals surface area contributed by atoms with Crippen molar-refractivity contribution in [3.63, 3.8) is 0 Å². The van der Waals surface area contributed by atoms with Crippen LogP contribution >= 0.6 is 0 Å². The van der Waals surface area contributed by atoms with E-state index in [-0.39, 0.29) is 11.9 Å². The predicted molar refractivity (Wildman–Crippen MR) is 84.5 cm³/mol. The van der Waals surface area contributed by atoms with Crippen molar-refractivity contribution in [2.45, 2.75) is 19.5 Å². The summed E-state index contributed by atoms with van der Waals surface area (Å²) in [6.07, 6.45) is 0. The van der Waals surface area contributed by atoms with Crippen LogP contribution in [0.1, 0.15) is 23.0 Å². The fourth-order valence-corrected chi connectivity index (χ4v) is 2.18. The number of para-hydroxylation sites is 1. The number of furan rings is 1. The van der Waals surface area contributed by atoms with E-state index >= 15 is 0 Å². The summed E-state index contributed by atoms with van der Waals surface area (Å²) in [5.41, 5.74) is 1.69. The molecule has 0 saturated heterocycles. The fraction of sp³-hybridized carbons (Fsp3) is 0.438. The zero-order valence-corrected chi connectivity index (χ0v) is 13.1. The number of nitrogens with one attached hydrogen (secondary N) is 2. The summed E-state index contributed by atoms with van der Waals surface area (Å²) < 4.78 is 5.77. The summed E-state index contributed by atoms with van der Waals surface area (Å²) in [6.45, 7) is 3.24. The lowest BCUT2D eigenvalue weighted by molar-refractivity contribution is 0.0923. The summed E-state index contributed by atoms with van der Waals surface area (Å²) in [5, 5.41) is 7.00. The Morgan fingerprint density at radius 3 is 2.71 bits per heavy atom. The van der Waals surface area contributed by atoms with Gasteiger partial charge in [0, 0.05) is 30.1 Å². The second-order valence-electron chi connectivity index (χ2n) is 5.54. The highest BCUT2D eigenvalue weighted by Gasteiger charge is 2.20. The molecule has 1 aromatic heterocycles. The molecule has 2 rings (SSSR count). The number of likely N-dealkylation sites (N-methyl/N-ethyl adjacent to an activating group) is 1. The first kappa shape index (κ1) is 15.5. The Morgan fingerprint density at radius 2 is 2.05 bits per heavy atom. The Balaban J connectivity index is 2.31. The highest BCUT2D eigenvalue weighted by Crippen LogP contribution is 2.26. The predicted octanol–water partition coefficient (Wildman–Crippen LogP) is 1.83. The zero-order chi connectivity index (χ0) is 15.4. The van der Waals surface area contributed by atoms with E-state index in [0.29, 0.717) is 18.8 Å². The SMILES string of the molecule is CNC(C)CNC(=O)c1oc2ccccc2c1CN(C)C. The molecule has 1 heterocycles. The minimum Gasteiger partial charge on any atom is -0.451 e. The van der Waals surface area contributed by atoms with E-state index in [1.165, 1.54) is 0 Å². The van der Waals surface area contributed by atoms with Crippen LogP contribution in [0.5, 0.6) is 0 Å². The molecule has 1 unspecified atom stereocenters. The van der Waals surface area contributed by atoms with E-state index in [0.717, 1.165) is 16.5 Å². The smallest absolute Gasteiger partial charge is 0.287 e. The van der Waals surface area contributed by atoms with Gasteiger partial charge in [0.25, 0.3) is 5.91 Å². The number of rotatable bonds is 6. The normalized spacial score (nSPS) is 12.8. The second-order valence-corrected chi connectivity index (χ2v) is 5.54. The van der Waals surface area contributed by atoms with Gasteiger partial charge in [-0.15, -0.1) is 0 Å². The maximum atomic E-state index is 12.4. The molecule has 0 fully saturated rings. The van der Waals surface area contributed by atoms with Crippen molar-refractivity contribution >= 4 is 16.9 Å². The molecule has 2 N–H and O–H groups in total. The van der Waals surface area contributed by atoms with Crippen LogP contribution in [0.4, 0.5) is 0 Å². The van der Waals surface area contributed by atoms with Crippen molar-refractivity contribution in [1.29, 1.82) is 0 Å². The Morgan fingerprint density at radius 1 is 1.33 bits per heavy atom. The van der Waals surface area contributed by atoms with E-state index in [4.69, 9.17) is 4.42 Å². The van der Waals surface area contributed by atoms with Crippen LogP contribution in [0, 0.1) is 0 Å². The molecule has 114 valence electrons. The van der Waals surface area contributed by atoms with Gasteiger partial charge in [-0.25, -0.2) is 0 Å². The Labute approximate surface area is 125 Å². The maximum Gasteiger partial charge on any atom is 0.287 e. The number of amides is 1. The minimum atomic E-state index is -0.162. The highest BCUT2D eigenvalue weighted by atomic mass is 16.3. The number of hydrogen-bond donors (Lipinski definition) is 2. The first-order valence-corrected chi connectivity index (χ1v) is 7.13. The minimum absolute atomic E-state index is 0.162. The largest absolute Gasteiger partial charge is 0.451 e. The van der Waals surface area contributed by atoms with Gasteiger partial charge in [0.1, 0.15) is 5.58 Å². The van der Waals surface area contributed by atoms with Crippen LogP contribution in [-0.4, -0.2) is 44.5 Å². The van der Waals surface area contributed by atoms with Crippen LogP contribution in [0.25, 0.3) is 11.0 Å². The van der Waals surface area contributed by atoms with Gasteiger partial charge in [-0.2, -0.15) is 0 Å². The molecule has 1 amide bonds. The lowest BCUT2D eigenvalue weighted by Gasteiger charge is -2.12. The Hall–Kier alpha value is -1.85. The molecule has 0 saturated carbocycles. The lowest BCUT2D eigenvalue weighted by Crippen LogP contribution is -2.37. The van der Waals surface area contributed by atoms with E-state index in [1.54, 1.807) is 0 Å². The van der Waals surface area contributed by atoms with Gasteiger partial charge in [-0.1, -0.05) is 18.2 Å². The van der Waals surface area contributed by atoms with Crippen LogP contribution in [0.2, 0.25) is 0 Å². The quantitative estimate of drug-likeness (QED) is 0.852. The lowest BCUT2D eigenvalue weighted by atomic mass is 10.1. The first-order valence-electron chi connectivity index (χ1n) is 7.13. The second kappa shape index (κ2) is 6.74. The van der Waals surface area contributed by atoms with Gasteiger partial charge in [0.15, 0.2) is 5.76 Å². The monoisotopic (exact) mass is 289 g/mol. The molecule has 0 radical (unpaired) electrons. The van der Waals surface area contributed by atoms with Crippen molar-refractivity contribution in [3.05, 3.63) is 35.6 Å². The van der Waals surface area contributed by atoms with Crippen molar-refractivity contribution in [2.75, 3.05) is 27.7 Å². The third-order valence-corrected chi connectivity index (χ3v) is 3.44. The Bertz CT molecular complexity index is 619. The number of benzene rings is 1. The third-order valence-electron chi connectivity index (χ3n) is 3.44. The molecule has 2 aromatic rings. The summed E-state index contributed by atoms with van der Waals surface area (Å²) >= 11 is 0. The van der Waals surface area contributed by atoms with Gasteiger partial charge in [-0.05, 0) is 34.1 Å². The standard InChI is InChI=1S/C16H23N3O2/c1-11(17-2)9-18-16(20)15-13(10-19(3)4)12-7-5-6-8-14(12)21-15/h5-8,11,17H,9-10H2,1-4H3,(H,18,20). The van der Waals surface area contributed by atoms with Gasteiger partial charge < -0.3 is 20.0 Å². The average Bonchev–Trinajstić information content (AvgIpc) is 2.82. The molecule has 0 spiro atoms. The molecular formula is C16H23N3O2. The molecule has 21 heavy (non-hydrogen) atoms. The third kappa shape index (κ3) is 3.62. The zero-order valence-electron chi connectivity index (χ0n) is 13.1. The van der Waals surface area contributed by atoms with E-state index in [9.17, 15) is 4.79 Å². The van der Waals surface area contributed by atoms with Crippen LogP contribution < -0.4 is 10.6 Å². The topological polar surface area (TPSA) is 57.5 Å². The van der Waals surface area contributed by atoms with E-state index in [2.05, 4.69) is 10.6 Å². The molecule has 1 atom stereocenters. The molecule has 0 aliphatic carbocycles. The van der Waals surface area contributed by atoms with Crippen molar-refractivity contribution < 1.29 is 9.21 Å². The molecule has 1 aromatic carbocycles. The number of hydrogen-bond acceptors (Lipinski definition) is 4. The maximum absolute atomic E-state index is 12.4. The van der Waals surface area contributed by atoms with Crippen LogP contribution in [0.3, 0.4) is 0 Å². The summed E-state index contributed by atoms with van der Waals surface area (Å²) in [6, 6.07) is 7.97. The van der Waals surface area contributed by atoms with Crippen molar-refractivity contribution in [1.82, 2.24) is 15.5 Å². The molecule has 5 heteroatoms. The Kier molecular flexibility index (Phi) is 4.98. The van der Waals surface area contributed by atoms with Gasteiger partial charge in [-0.3, -0.25) is 4.79 Å². The summed E-state index contributed by atoms with van der Waals surface area (Å²) in [5.74, 6) is 0.248. The van der Waals surface area contributed by atoms with E-state index in [1.807, 2.05) is 57.2 Å². The number of nitrogens with zero attached hydrogens (tertiary/aromatic N) is 1. The van der Waals surface area contributed by atoms with Gasteiger partial charge in [0.2, 0.25) is 0 Å². The number of carbonyl (C=O) groups excluding carboxylic acids is 1.